The second kappa shape index (κ2) is 6.43. The Bertz CT molecular complexity index is 486. The highest BCUT2D eigenvalue weighted by Gasteiger charge is 2.33. The smallest absolute Gasteiger partial charge is 0.312 e. The molecular weight excluding hydrogens is 269 g/mol. The van der Waals surface area contributed by atoms with E-state index in [2.05, 4.69) is 5.32 Å². The standard InChI is InChI=1S/C14H21F3N2O/c1-13(2,3)18-9-4-5-10-19-11(14(15,16)17)7-6-8-12(19)20/h6-8,18H,4-5,9-10H2,1-3H3. The first-order valence-electron chi connectivity index (χ1n) is 6.63. The second-order valence-electron chi connectivity index (χ2n) is 5.78. The van der Waals surface area contributed by atoms with Crippen LogP contribution in [0.25, 0.3) is 0 Å². The molecule has 0 aliphatic heterocycles. The summed E-state index contributed by atoms with van der Waals surface area (Å²) in [6, 6.07) is 3.24. The minimum absolute atomic E-state index is 0.0132. The number of nitrogens with one attached hydrogen (secondary N) is 1. The minimum atomic E-state index is -4.50. The van der Waals surface area contributed by atoms with E-state index in [0.29, 0.717) is 13.0 Å². The molecule has 3 nitrogen and oxygen atoms in total. The molecule has 0 saturated heterocycles. The Morgan fingerprint density at radius 1 is 1.15 bits per heavy atom. The molecule has 0 amide bonds. The summed E-state index contributed by atoms with van der Waals surface area (Å²) in [6.07, 6.45) is -3.25. The van der Waals surface area contributed by atoms with Gasteiger partial charge in [-0.1, -0.05) is 6.07 Å². The van der Waals surface area contributed by atoms with Gasteiger partial charge in [0, 0.05) is 18.2 Å². The number of nitrogens with zero attached hydrogens (tertiary/aromatic N) is 1. The van der Waals surface area contributed by atoms with Gasteiger partial charge >= 0.3 is 6.18 Å². The lowest BCUT2D eigenvalue weighted by Gasteiger charge is -2.20. The van der Waals surface area contributed by atoms with Crippen molar-refractivity contribution in [2.75, 3.05) is 6.54 Å². The molecule has 0 bridgehead atoms. The summed E-state index contributed by atoms with van der Waals surface area (Å²) in [7, 11) is 0. The van der Waals surface area contributed by atoms with E-state index in [0.717, 1.165) is 29.2 Å². The number of unbranched alkanes of at least 4 members (excludes halogenated alkanes) is 1. The van der Waals surface area contributed by atoms with Gasteiger partial charge in [-0.05, 0) is 46.2 Å². The lowest BCUT2D eigenvalue weighted by molar-refractivity contribution is -0.144. The molecule has 0 aromatic carbocycles. The fourth-order valence-corrected chi connectivity index (χ4v) is 1.86. The zero-order chi connectivity index (χ0) is 15.4. The van der Waals surface area contributed by atoms with E-state index in [9.17, 15) is 18.0 Å². The first-order chi connectivity index (χ1) is 9.11. The third kappa shape index (κ3) is 5.36. The number of hydrogen-bond donors (Lipinski definition) is 1. The Hall–Kier alpha value is -1.30. The van der Waals surface area contributed by atoms with Crippen molar-refractivity contribution in [2.45, 2.75) is 51.9 Å². The number of hydrogen-bond acceptors (Lipinski definition) is 2. The number of alkyl halides is 3. The predicted octanol–water partition coefficient (Wildman–Crippen LogP) is 3.04. The molecule has 0 radical (unpaired) electrons. The molecule has 0 spiro atoms. The van der Waals surface area contributed by atoms with Gasteiger partial charge in [-0.25, -0.2) is 0 Å². The molecule has 114 valence electrons. The maximum atomic E-state index is 12.8. The van der Waals surface area contributed by atoms with Crippen LogP contribution in [0, 0.1) is 0 Å². The minimum Gasteiger partial charge on any atom is -0.312 e. The zero-order valence-corrected chi connectivity index (χ0v) is 12.0. The summed E-state index contributed by atoms with van der Waals surface area (Å²) in [6.45, 7) is 6.87. The Labute approximate surface area is 116 Å². The van der Waals surface area contributed by atoms with E-state index in [1.165, 1.54) is 0 Å². The second-order valence-corrected chi connectivity index (χ2v) is 5.78. The maximum Gasteiger partial charge on any atom is 0.431 e. The largest absolute Gasteiger partial charge is 0.431 e. The molecule has 0 atom stereocenters. The summed E-state index contributed by atoms with van der Waals surface area (Å²) in [5, 5.41) is 3.26. The first-order valence-corrected chi connectivity index (χ1v) is 6.63. The molecular formula is C14H21F3N2O. The van der Waals surface area contributed by atoms with Crippen molar-refractivity contribution < 1.29 is 13.2 Å². The van der Waals surface area contributed by atoms with Crippen LogP contribution in [-0.2, 0) is 12.7 Å². The van der Waals surface area contributed by atoms with Crippen molar-refractivity contribution in [1.29, 1.82) is 0 Å². The van der Waals surface area contributed by atoms with Gasteiger partial charge in [0.2, 0.25) is 0 Å². The van der Waals surface area contributed by atoms with Gasteiger partial charge in [-0.3, -0.25) is 4.79 Å². The first kappa shape index (κ1) is 16.8. The van der Waals surface area contributed by atoms with Crippen molar-refractivity contribution in [3.05, 3.63) is 34.2 Å². The topological polar surface area (TPSA) is 34.0 Å². The Kier molecular flexibility index (Phi) is 5.39. The molecule has 1 aromatic rings. The molecule has 0 unspecified atom stereocenters. The number of rotatable bonds is 5. The van der Waals surface area contributed by atoms with E-state index in [1.807, 2.05) is 20.8 Å². The number of halogens is 3. The third-order valence-electron chi connectivity index (χ3n) is 2.80. The van der Waals surface area contributed by atoms with Gasteiger partial charge in [-0.2, -0.15) is 13.2 Å². The van der Waals surface area contributed by atoms with E-state index >= 15 is 0 Å². The molecule has 0 aliphatic rings. The fraction of sp³-hybridized carbons (Fsp3) is 0.643. The van der Waals surface area contributed by atoms with Crippen molar-refractivity contribution in [1.82, 2.24) is 9.88 Å². The van der Waals surface area contributed by atoms with Crippen LogP contribution in [0.3, 0.4) is 0 Å². The molecule has 0 fully saturated rings. The zero-order valence-electron chi connectivity index (χ0n) is 12.0. The molecule has 1 aromatic heterocycles. The van der Waals surface area contributed by atoms with Crippen LogP contribution in [0.1, 0.15) is 39.3 Å². The van der Waals surface area contributed by atoms with E-state index < -0.39 is 17.4 Å². The summed E-state index contributed by atoms with van der Waals surface area (Å²) in [5.74, 6) is 0. The van der Waals surface area contributed by atoms with E-state index in [1.54, 1.807) is 0 Å². The summed E-state index contributed by atoms with van der Waals surface area (Å²) < 4.78 is 39.2. The van der Waals surface area contributed by atoms with Gasteiger partial charge in [0.05, 0.1) is 0 Å². The lowest BCUT2D eigenvalue weighted by atomic mass is 10.1. The average molecular weight is 290 g/mol. The van der Waals surface area contributed by atoms with Crippen LogP contribution in [-0.4, -0.2) is 16.7 Å². The van der Waals surface area contributed by atoms with Crippen LogP contribution >= 0.6 is 0 Å². The predicted molar refractivity (Wildman–Crippen MR) is 72.7 cm³/mol. The van der Waals surface area contributed by atoms with Crippen molar-refractivity contribution >= 4 is 0 Å². The lowest BCUT2D eigenvalue weighted by Crippen LogP contribution is -2.36. The van der Waals surface area contributed by atoms with Gasteiger partial charge in [0.1, 0.15) is 5.69 Å². The Morgan fingerprint density at radius 2 is 1.80 bits per heavy atom. The van der Waals surface area contributed by atoms with E-state index in [4.69, 9.17) is 0 Å². The van der Waals surface area contributed by atoms with Gasteiger partial charge in [0.15, 0.2) is 0 Å². The number of pyridine rings is 1. The van der Waals surface area contributed by atoms with Gasteiger partial charge in [-0.15, -0.1) is 0 Å². The molecule has 0 saturated carbocycles. The molecule has 20 heavy (non-hydrogen) atoms. The van der Waals surface area contributed by atoms with Crippen LogP contribution in [0.2, 0.25) is 0 Å². The quantitative estimate of drug-likeness (QED) is 0.846. The van der Waals surface area contributed by atoms with Crippen molar-refractivity contribution in [3.8, 4) is 0 Å². The van der Waals surface area contributed by atoms with Crippen molar-refractivity contribution in [3.63, 3.8) is 0 Å². The Balaban J connectivity index is 2.63. The monoisotopic (exact) mass is 290 g/mol. The maximum absolute atomic E-state index is 12.8. The SMILES string of the molecule is CC(C)(C)NCCCCn1c(C(F)(F)F)cccc1=O. The highest BCUT2D eigenvalue weighted by molar-refractivity contribution is 5.10. The highest BCUT2D eigenvalue weighted by Crippen LogP contribution is 2.28. The van der Waals surface area contributed by atoms with Crippen molar-refractivity contribution in [2.24, 2.45) is 0 Å². The molecule has 1 N–H and O–H groups in total. The fourth-order valence-electron chi connectivity index (χ4n) is 1.86. The van der Waals surface area contributed by atoms with Crippen LogP contribution < -0.4 is 10.9 Å². The third-order valence-corrected chi connectivity index (χ3v) is 2.80. The molecule has 1 heterocycles. The van der Waals surface area contributed by atoms with Crippen LogP contribution in [0.15, 0.2) is 23.0 Å². The summed E-state index contributed by atoms with van der Waals surface area (Å²) >= 11 is 0. The molecule has 1 rings (SSSR count). The van der Waals surface area contributed by atoms with Crippen LogP contribution in [0.5, 0.6) is 0 Å². The summed E-state index contributed by atoms with van der Waals surface area (Å²) in [5.41, 5.74) is -1.50. The normalized spacial score (nSPS) is 12.7. The van der Waals surface area contributed by atoms with E-state index in [-0.39, 0.29) is 12.1 Å². The van der Waals surface area contributed by atoms with Crippen LogP contribution in [0.4, 0.5) is 13.2 Å². The summed E-state index contributed by atoms with van der Waals surface area (Å²) in [4.78, 5) is 11.6. The highest BCUT2D eigenvalue weighted by atomic mass is 19.4. The molecule has 0 aliphatic carbocycles. The van der Waals surface area contributed by atoms with Gasteiger partial charge in [0.25, 0.3) is 5.56 Å². The number of aromatic nitrogens is 1. The average Bonchev–Trinajstić information content (AvgIpc) is 2.27. The molecule has 6 heteroatoms. The Morgan fingerprint density at radius 3 is 2.35 bits per heavy atom. The van der Waals surface area contributed by atoms with Gasteiger partial charge < -0.3 is 9.88 Å².